The predicted octanol–water partition coefficient (Wildman–Crippen LogP) is 3.63. The molecule has 0 aliphatic rings. The molecule has 3 rings (SSSR count). The van der Waals surface area contributed by atoms with Gasteiger partial charge in [-0.3, -0.25) is 0 Å². The number of nitrogens with one attached hydrogen (secondary N) is 1. The Hall–Kier alpha value is -2.08. The van der Waals surface area contributed by atoms with Crippen LogP contribution < -0.4 is 10.5 Å². The van der Waals surface area contributed by atoms with Gasteiger partial charge in [-0.25, -0.2) is 9.37 Å². The number of halogens is 2. The van der Waals surface area contributed by atoms with E-state index in [0.29, 0.717) is 32.8 Å². The molecule has 6 heteroatoms. The second kappa shape index (κ2) is 5.13. The summed E-state index contributed by atoms with van der Waals surface area (Å²) < 4.78 is 19.4. The number of nitrogens with two attached hydrogens (primary N) is 1. The highest BCUT2D eigenvalue weighted by Gasteiger charge is 2.07. The number of nitrogens with zero attached hydrogens (tertiary/aromatic N) is 1. The third-order valence-electron chi connectivity index (χ3n) is 2.83. The van der Waals surface area contributed by atoms with E-state index in [4.69, 9.17) is 10.5 Å². The fourth-order valence-electron chi connectivity index (χ4n) is 1.84. The number of nitrogen functional groups attached to an aromatic ring is 1. The Bertz CT molecular complexity index is 716. The van der Waals surface area contributed by atoms with Gasteiger partial charge in [-0.15, -0.1) is 0 Å². The van der Waals surface area contributed by atoms with Crippen molar-refractivity contribution in [2.45, 2.75) is 6.61 Å². The standard InChI is InChI=1S/C14H11BrFN3O/c15-10-5-12-13(6-11(10)16)19-14(18-12)7-20-9-3-1-8(17)2-4-9/h1-6H,7,17H2,(H,18,19). The Morgan fingerprint density at radius 2 is 2.00 bits per heavy atom. The van der Waals surface area contributed by atoms with E-state index in [-0.39, 0.29) is 12.4 Å². The van der Waals surface area contributed by atoms with E-state index >= 15 is 0 Å². The number of benzene rings is 2. The normalized spacial score (nSPS) is 10.9. The van der Waals surface area contributed by atoms with Gasteiger partial charge < -0.3 is 15.5 Å². The summed E-state index contributed by atoms with van der Waals surface area (Å²) in [5, 5.41) is 0. The SMILES string of the molecule is Nc1ccc(OCc2nc3cc(Br)c(F)cc3[nH]2)cc1. The Balaban J connectivity index is 1.79. The number of H-pyrrole nitrogens is 1. The number of hydrogen-bond donors (Lipinski definition) is 2. The summed E-state index contributed by atoms with van der Waals surface area (Å²) in [5.41, 5.74) is 7.61. The van der Waals surface area contributed by atoms with Crippen molar-refractivity contribution in [2.75, 3.05) is 5.73 Å². The Kier molecular flexibility index (Phi) is 3.31. The second-order valence-electron chi connectivity index (χ2n) is 4.32. The van der Waals surface area contributed by atoms with E-state index < -0.39 is 0 Å². The molecule has 2 aromatic carbocycles. The number of anilines is 1. The smallest absolute Gasteiger partial charge is 0.146 e. The molecule has 0 unspecified atom stereocenters. The predicted molar refractivity (Wildman–Crippen MR) is 78.9 cm³/mol. The highest BCUT2D eigenvalue weighted by atomic mass is 79.9. The number of fused-ring (bicyclic) bond motifs is 1. The number of aromatic nitrogens is 2. The van der Waals surface area contributed by atoms with Crippen molar-refractivity contribution in [3.05, 3.63) is 52.5 Å². The molecule has 4 nitrogen and oxygen atoms in total. The maximum Gasteiger partial charge on any atom is 0.146 e. The fraction of sp³-hybridized carbons (Fsp3) is 0.0714. The minimum Gasteiger partial charge on any atom is -0.486 e. The molecule has 0 saturated heterocycles. The van der Waals surface area contributed by atoms with Gasteiger partial charge in [-0.1, -0.05) is 0 Å². The molecule has 1 aromatic heterocycles. The van der Waals surface area contributed by atoms with Crippen LogP contribution in [0.3, 0.4) is 0 Å². The summed E-state index contributed by atoms with van der Waals surface area (Å²) in [4.78, 5) is 7.37. The average molecular weight is 336 g/mol. The Morgan fingerprint density at radius 3 is 2.75 bits per heavy atom. The van der Waals surface area contributed by atoms with E-state index in [9.17, 15) is 4.39 Å². The van der Waals surface area contributed by atoms with Crippen LogP contribution in [0.4, 0.5) is 10.1 Å². The van der Waals surface area contributed by atoms with Crippen molar-refractivity contribution in [1.29, 1.82) is 0 Å². The quantitative estimate of drug-likeness (QED) is 0.718. The van der Waals surface area contributed by atoms with Crippen LogP contribution in [0.2, 0.25) is 0 Å². The summed E-state index contributed by atoms with van der Waals surface area (Å²) in [5.74, 6) is 1.01. The molecule has 0 aliphatic carbocycles. The Labute approximate surface area is 122 Å². The van der Waals surface area contributed by atoms with Crippen LogP contribution in [0.5, 0.6) is 5.75 Å². The number of aromatic amines is 1. The molecular weight excluding hydrogens is 325 g/mol. The number of rotatable bonds is 3. The zero-order valence-corrected chi connectivity index (χ0v) is 11.9. The van der Waals surface area contributed by atoms with Gasteiger partial charge in [-0.05, 0) is 46.3 Å². The number of hydrogen-bond acceptors (Lipinski definition) is 3. The molecule has 3 aromatic rings. The molecule has 0 aliphatic heterocycles. The second-order valence-corrected chi connectivity index (χ2v) is 5.18. The van der Waals surface area contributed by atoms with Crippen LogP contribution in [-0.4, -0.2) is 9.97 Å². The lowest BCUT2D eigenvalue weighted by molar-refractivity contribution is 0.297. The van der Waals surface area contributed by atoms with Crippen molar-refractivity contribution >= 4 is 32.7 Å². The summed E-state index contributed by atoms with van der Waals surface area (Å²) in [7, 11) is 0. The van der Waals surface area contributed by atoms with Crippen molar-refractivity contribution < 1.29 is 9.13 Å². The molecule has 0 atom stereocenters. The summed E-state index contributed by atoms with van der Waals surface area (Å²) in [6.07, 6.45) is 0. The highest BCUT2D eigenvalue weighted by molar-refractivity contribution is 9.10. The van der Waals surface area contributed by atoms with Crippen LogP contribution in [0.15, 0.2) is 40.9 Å². The van der Waals surface area contributed by atoms with E-state index in [1.807, 2.05) is 0 Å². The van der Waals surface area contributed by atoms with Crippen LogP contribution in [0, 0.1) is 5.82 Å². The first-order chi connectivity index (χ1) is 9.61. The maximum absolute atomic E-state index is 13.4. The van der Waals surface area contributed by atoms with E-state index in [1.54, 1.807) is 30.3 Å². The van der Waals surface area contributed by atoms with Gasteiger partial charge in [0.15, 0.2) is 0 Å². The molecule has 20 heavy (non-hydrogen) atoms. The lowest BCUT2D eigenvalue weighted by Gasteiger charge is -2.03. The zero-order chi connectivity index (χ0) is 14.1. The van der Waals surface area contributed by atoms with Crippen molar-refractivity contribution in [2.24, 2.45) is 0 Å². The largest absolute Gasteiger partial charge is 0.486 e. The van der Waals surface area contributed by atoms with Gasteiger partial charge in [0.25, 0.3) is 0 Å². The van der Waals surface area contributed by atoms with E-state index in [1.165, 1.54) is 6.07 Å². The summed E-state index contributed by atoms with van der Waals surface area (Å²) >= 11 is 3.14. The summed E-state index contributed by atoms with van der Waals surface area (Å²) in [6.45, 7) is 0.276. The van der Waals surface area contributed by atoms with E-state index in [0.717, 1.165) is 0 Å². The minimum absolute atomic E-state index is 0.276. The topological polar surface area (TPSA) is 63.9 Å². The first-order valence-electron chi connectivity index (χ1n) is 5.94. The van der Waals surface area contributed by atoms with Crippen LogP contribution in [-0.2, 0) is 6.61 Å². The Morgan fingerprint density at radius 1 is 1.25 bits per heavy atom. The van der Waals surface area contributed by atoms with Gasteiger partial charge in [0, 0.05) is 11.8 Å². The van der Waals surface area contributed by atoms with Gasteiger partial charge >= 0.3 is 0 Å². The van der Waals surface area contributed by atoms with E-state index in [2.05, 4.69) is 25.9 Å². The molecule has 0 bridgehead atoms. The number of imidazole rings is 1. The first kappa shape index (κ1) is 12.9. The lowest BCUT2D eigenvalue weighted by Crippen LogP contribution is -1.97. The van der Waals surface area contributed by atoms with Crippen molar-refractivity contribution in [3.63, 3.8) is 0 Å². The van der Waals surface area contributed by atoms with Crippen molar-refractivity contribution in [1.82, 2.24) is 9.97 Å². The molecule has 0 spiro atoms. The van der Waals surface area contributed by atoms with Gasteiger partial charge in [0.05, 0.1) is 15.5 Å². The van der Waals surface area contributed by atoms with Crippen LogP contribution in [0.1, 0.15) is 5.82 Å². The molecule has 3 N–H and O–H groups in total. The molecule has 1 heterocycles. The molecule has 0 fully saturated rings. The van der Waals surface area contributed by atoms with Gasteiger partial charge in [0.2, 0.25) is 0 Å². The number of ether oxygens (including phenoxy) is 1. The molecule has 0 amide bonds. The van der Waals surface area contributed by atoms with Crippen molar-refractivity contribution in [3.8, 4) is 5.75 Å². The third kappa shape index (κ3) is 2.60. The summed E-state index contributed by atoms with van der Waals surface area (Å²) in [6, 6.07) is 10.1. The first-order valence-corrected chi connectivity index (χ1v) is 6.73. The van der Waals surface area contributed by atoms with Gasteiger partial charge in [-0.2, -0.15) is 0 Å². The monoisotopic (exact) mass is 335 g/mol. The minimum atomic E-state index is -0.327. The lowest BCUT2D eigenvalue weighted by atomic mass is 10.3. The average Bonchev–Trinajstić information content (AvgIpc) is 2.80. The third-order valence-corrected chi connectivity index (χ3v) is 3.44. The molecule has 0 radical (unpaired) electrons. The molecule has 0 saturated carbocycles. The van der Waals surface area contributed by atoms with Crippen LogP contribution in [0.25, 0.3) is 11.0 Å². The highest BCUT2D eigenvalue weighted by Crippen LogP contribution is 2.22. The maximum atomic E-state index is 13.4. The fourth-order valence-corrected chi connectivity index (χ4v) is 2.17. The zero-order valence-electron chi connectivity index (χ0n) is 10.4. The molecular formula is C14H11BrFN3O. The van der Waals surface area contributed by atoms with Gasteiger partial charge in [0.1, 0.15) is 24.0 Å². The molecule has 102 valence electrons. The van der Waals surface area contributed by atoms with Crippen LogP contribution >= 0.6 is 15.9 Å².